The van der Waals surface area contributed by atoms with Crippen LogP contribution >= 0.6 is 0 Å². The van der Waals surface area contributed by atoms with Crippen LogP contribution in [0.15, 0.2) is 34.9 Å². The molecule has 1 amide bonds. The van der Waals surface area contributed by atoms with E-state index in [1.54, 1.807) is 4.90 Å². The smallest absolute Gasteiger partial charge is 0.241 e. The number of amides is 1. The van der Waals surface area contributed by atoms with Crippen molar-refractivity contribution in [2.75, 3.05) is 20.1 Å². The van der Waals surface area contributed by atoms with Crippen LogP contribution in [0.4, 0.5) is 0 Å². The van der Waals surface area contributed by atoms with Crippen molar-refractivity contribution >= 4 is 5.91 Å². The van der Waals surface area contributed by atoms with Crippen molar-refractivity contribution in [1.29, 1.82) is 0 Å². The molecule has 2 aromatic rings. The standard InChI is InChI=1S/C15H18N4O2/c1-11-15(20)18(2)8-9-19(11)10-13-16-14(17-21-13)12-6-4-3-5-7-12/h3-7,11H,8-10H2,1-2H3. The molecule has 1 aromatic carbocycles. The maximum atomic E-state index is 12.0. The Morgan fingerprint density at radius 3 is 2.81 bits per heavy atom. The van der Waals surface area contributed by atoms with Crippen molar-refractivity contribution in [1.82, 2.24) is 19.9 Å². The summed E-state index contributed by atoms with van der Waals surface area (Å²) in [5.41, 5.74) is 0.926. The Balaban J connectivity index is 1.72. The Morgan fingerprint density at radius 1 is 1.29 bits per heavy atom. The van der Waals surface area contributed by atoms with Crippen molar-refractivity contribution in [2.45, 2.75) is 19.5 Å². The summed E-state index contributed by atoms with van der Waals surface area (Å²) in [6.07, 6.45) is 0. The first-order valence-corrected chi connectivity index (χ1v) is 7.02. The van der Waals surface area contributed by atoms with Crippen molar-refractivity contribution < 1.29 is 9.32 Å². The molecule has 1 aliphatic rings. The summed E-state index contributed by atoms with van der Waals surface area (Å²) >= 11 is 0. The Kier molecular flexibility index (Phi) is 3.70. The Bertz CT molecular complexity index is 626. The monoisotopic (exact) mass is 286 g/mol. The molecular weight excluding hydrogens is 268 g/mol. The van der Waals surface area contributed by atoms with Gasteiger partial charge in [-0.05, 0) is 6.92 Å². The van der Waals surface area contributed by atoms with Gasteiger partial charge in [0, 0.05) is 25.7 Å². The second kappa shape index (κ2) is 5.65. The van der Waals surface area contributed by atoms with Gasteiger partial charge in [-0.3, -0.25) is 9.69 Å². The highest BCUT2D eigenvalue weighted by Crippen LogP contribution is 2.17. The van der Waals surface area contributed by atoms with Gasteiger partial charge >= 0.3 is 0 Å². The average Bonchev–Trinajstić information content (AvgIpc) is 2.97. The zero-order valence-electron chi connectivity index (χ0n) is 12.2. The molecule has 2 heterocycles. The predicted octanol–water partition coefficient (Wildman–Crippen LogP) is 1.40. The molecule has 0 aliphatic carbocycles. The van der Waals surface area contributed by atoms with E-state index < -0.39 is 0 Å². The van der Waals surface area contributed by atoms with Crippen LogP contribution in [0.2, 0.25) is 0 Å². The lowest BCUT2D eigenvalue weighted by Gasteiger charge is -2.36. The molecule has 1 unspecified atom stereocenters. The fourth-order valence-corrected chi connectivity index (χ4v) is 2.47. The third kappa shape index (κ3) is 2.80. The van der Waals surface area contributed by atoms with E-state index in [2.05, 4.69) is 15.0 Å². The average molecular weight is 286 g/mol. The number of carbonyl (C=O) groups excluding carboxylic acids is 1. The number of likely N-dealkylation sites (N-methyl/N-ethyl adjacent to an activating group) is 1. The van der Waals surface area contributed by atoms with Crippen LogP contribution in [0.25, 0.3) is 11.4 Å². The molecular formula is C15H18N4O2. The second-order valence-electron chi connectivity index (χ2n) is 5.28. The first kappa shape index (κ1) is 13.8. The molecule has 21 heavy (non-hydrogen) atoms. The van der Waals surface area contributed by atoms with E-state index in [0.717, 1.165) is 18.7 Å². The van der Waals surface area contributed by atoms with Gasteiger partial charge in [-0.15, -0.1) is 0 Å². The molecule has 3 rings (SSSR count). The quantitative estimate of drug-likeness (QED) is 0.853. The maximum Gasteiger partial charge on any atom is 0.241 e. The van der Waals surface area contributed by atoms with E-state index >= 15 is 0 Å². The Hall–Kier alpha value is -2.21. The lowest BCUT2D eigenvalue weighted by molar-refractivity contribution is -0.139. The summed E-state index contributed by atoms with van der Waals surface area (Å²) < 4.78 is 5.30. The van der Waals surface area contributed by atoms with E-state index in [0.29, 0.717) is 18.3 Å². The molecule has 1 atom stereocenters. The first-order chi connectivity index (χ1) is 10.1. The molecule has 0 radical (unpaired) electrons. The van der Waals surface area contributed by atoms with Gasteiger partial charge in [0.1, 0.15) is 0 Å². The van der Waals surface area contributed by atoms with Crippen LogP contribution in [-0.4, -0.2) is 52.0 Å². The zero-order valence-corrected chi connectivity index (χ0v) is 12.2. The van der Waals surface area contributed by atoms with Crippen LogP contribution in [0, 0.1) is 0 Å². The van der Waals surface area contributed by atoms with Gasteiger partial charge in [-0.1, -0.05) is 35.5 Å². The molecule has 0 spiro atoms. The van der Waals surface area contributed by atoms with Gasteiger partial charge in [0.2, 0.25) is 17.6 Å². The lowest BCUT2D eigenvalue weighted by Crippen LogP contribution is -2.53. The summed E-state index contributed by atoms with van der Waals surface area (Å²) in [7, 11) is 1.83. The maximum absolute atomic E-state index is 12.0. The van der Waals surface area contributed by atoms with E-state index in [9.17, 15) is 4.79 Å². The zero-order chi connectivity index (χ0) is 14.8. The van der Waals surface area contributed by atoms with Gasteiger partial charge in [0.05, 0.1) is 12.6 Å². The van der Waals surface area contributed by atoms with Crippen LogP contribution in [-0.2, 0) is 11.3 Å². The summed E-state index contributed by atoms with van der Waals surface area (Å²) in [6, 6.07) is 9.55. The summed E-state index contributed by atoms with van der Waals surface area (Å²) in [4.78, 5) is 20.2. The molecule has 1 aliphatic heterocycles. The summed E-state index contributed by atoms with van der Waals surface area (Å²) in [5, 5.41) is 4.00. The third-order valence-electron chi connectivity index (χ3n) is 3.84. The SMILES string of the molecule is CC1C(=O)N(C)CCN1Cc1nc(-c2ccccc2)no1. The normalized spacial score (nSPS) is 20.0. The van der Waals surface area contributed by atoms with Crippen LogP contribution in [0.5, 0.6) is 0 Å². The minimum absolute atomic E-state index is 0.129. The second-order valence-corrected chi connectivity index (χ2v) is 5.28. The molecule has 6 heteroatoms. The minimum Gasteiger partial charge on any atom is -0.343 e. The summed E-state index contributed by atoms with van der Waals surface area (Å²) in [5.74, 6) is 1.25. The number of hydrogen-bond acceptors (Lipinski definition) is 5. The highest BCUT2D eigenvalue weighted by atomic mass is 16.5. The highest BCUT2D eigenvalue weighted by Gasteiger charge is 2.30. The van der Waals surface area contributed by atoms with Gasteiger partial charge in [-0.2, -0.15) is 4.98 Å². The largest absolute Gasteiger partial charge is 0.343 e. The van der Waals surface area contributed by atoms with Crippen molar-refractivity contribution in [3.05, 3.63) is 36.2 Å². The van der Waals surface area contributed by atoms with Gasteiger partial charge in [-0.25, -0.2) is 0 Å². The first-order valence-electron chi connectivity index (χ1n) is 7.02. The van der Waals surface area contributed by atoms with Gasteiger partial charge < -0.3 is 9.42 Å². The Labute approximate surface area is 123 Å². The lowest BCUT2D eigenvalue weighted by atomic mass is 10.2. The van der Waals surface area contributed by atoms with E-state index in [4.69, 9.17) is 4.52 Å². The molecule has 1 fully saturated rings. The van der Waals surface area contributed by atoms with Crippen LogP contribution in [0.3, 0.4) is 0 Å². The number of rotatable bonds is 3. The van der Waals surface area contributed by atoms with E-state index in [-0.39, 0.29) is 11.9 Å². The number of nitrogens with zero attached hydrogens (tertiary/aromatic N) is 4. The molecule has 0 bridgehead atoms. The topological polar surface area (TPSA) is 62.5 Å². The fourth-order valence-electron chi connectivity index (χ4n) is 2.47. The highest BCUT2D eigenvalue weighted by molar-refractivity contribution is 5.81. The van der Waals surface area contributed by atoms with Crippen molar-refractivity contribution in [3.8, 4) is 11.4 Å². The van der Waals surface area contributed by atoms with Gasteiger partial charge in [0.25, 0.3) is 0 Å². The van der Waals surface area contributed by atoms with Crippen LogP contribution in [0.1, 0.15) is 12.8 Å². The van der Waals surface area contributed by atoms with E-state index in [1.807, 2.05) is 44.3 Å². The minimum atomic E-state index is -0.157. The van der Waals surface area contributed by atoms with Crippen LogP contribution < -0.4 is 0 Å². The molecule has 1 aromatic heterocycles. The number of aromatic nitrogens is 2. The van der Waals surface area contributed by atoms with Gasteiger partial charge in [0.15, 0.2) is 0 Å². The predicted molar refractivity (Wildman–Crippen MR) is 77.2 cm³/mol. The third-order valence-corrected chi connectivity index (χ3v) is 3.84. The molecule has 1 saturated heterocycles. The fraction of sp³-hybridized carbons (Fsp3) is 0.400. The number of piperazine rings is 1. The summed E-state index contributed by atoms with van der Waals surface area (Å²) in [6.45, 7) is 3.95. The molecule has 110 valence electrons. The number of hydrogen-bond donors (Lipinski definition) is 0. The molecule has 6 nitrogen and oxygen atoms in total. The van der Waals surface area contributed by atoms with Crippen molar-refractivity contribution in [2.24, 2.45) is 0 Å². The molecule has 0 N–H and O–H groups in total. The Morgan fingerprint density at radius 2 is 2.05 bits per heavy atom. The number of carbonyl (C=O) groups is 1. The van der Waals surface area contributed by atoms with Crippen molar-refractivity contribution in [3.63, 3.8) is 0 Å². The van der Waals surface area contributed by atoms with E-state index in [1.165, 1.54) is 0 Å². The molecule has 0 saturated carbocycles. The number of benzene rings is 1.